The zero-order chi connectivity index (χ0) is 21.6. The van der Waals surface area contributed by atoms with Gasteiger partial charge in [-0.15, -0.1) is 11.8 Å². The highest BCUT2D eigenvalue weighted by Gasteiger charge is 2.32. The highest BCUT2D eigenvalue weighted by molar-refractivity contribution is 8.00. The topological polar surface area (TPSA) is 49.4 Å². The SMILES string of the molecule is CC(CNC(=O)c1ccc(C2SCC(=O)N2Cc2ccccc2)cc1)c1ccccc1. The smallest absolute Gasteiger partial charge is 0.251 e. The summed E-state index contributed by atoms with van der Waals surface area (Å²) >= 11 is 1.63. The maximum atomic E-state index is 12.6. The molecule has 158 valence electrons. The normalized spacial score (nSPS) is 16.9. The van der Waals surface area contributed by atoms with Crippen molar-refractivity contribution in [3.8, 4) is 0 Å². The number of hydrogen-bond donors (Lipinski definition) is 1. The molecular weight excluding hydrogens is 404 g/mol. The maximum Gasteiger partial charge on any atom is 0.251 e. The molecule has 2 unspecified atom stereocenters. The average molecular weight is 431 g/mol. The molecule has 0 aromatic heterocycles. The Hall–Kier alpha value is -3.05. The monoisotopic (exact) mass is 430 g/mol. The van der Waals surface area contributed by atoms with Crippen LogP contribution in [0, 0.1) is 0 Å². The molecule has 1 heterocycles. The van der Waals surface area contributed by atoms with Crippen LogP contribution in [0.1, 0.15) is 45.3 Å². The number of thioether (sulfide) groups is 1. The molecule has 2 amide bonds. The summed E-state index contributed by atoms with van der Waals surface area (Å²) in [4.78, 5) is 26.9. The van der Waals surface area contributed by atoms with Gasteiger partial charge in [-0.1, -0.05) is 79.7 Å². The Kier molecular flexibility index (Phi) is 6.73. The van der Waals surface area contributed by atoms with Gasteiger partial charge in [0.05, 0.1) is 5.75 Å². The summed E-state index contributed by atoms with van der Waals surface area (Å²) in [6, 6.07) is 27.8. The van der Waals surface area contributed by atoms with Crippen molar-refractivity contribution in [3.63, 3.8) is 0 Å². The van der Waals surface area contributed by atoms with E-state index in [0.29, 0.717) is 24.4 Å². The Morgan fingerprint density at radius 1 is 1.00 bits per heavy atom. The van der Waals surface area contributed by atoms with Crippen LogP contribution in [0.2, 0.25) is 0 Å². The molecule has 1 fully saturated rings. The van der Waals surface area contributed by atoms with Crippen LogP contribution in [-0.4, -0.2) is 29.0 Å². The molecule has 4 rings (SSSR count). The predicted molar refractivity (Wildman–Crippen MR) is 126 cm³/mol. The molecule has 0 radical (unpaired) electrons. The van der Waals surface area contributed by atoms with Crippen molar-refractivity contribution in [1.29, 1.82) is 0 Å². The zero-order valence-corrected chi connectivity index (χ0v) is 18.3. The van der Waals surface area contributed by atoms with Crippen LogP contribution in [0.3, 0.4) is 0 Å². The van der Waals surface area contributed by atoms with Gasteiger partial charge in [0.2, 0.25) is 5.91 Å². The largest absolute Gasteiger partial charge is 0.351 e. The summed E-state index contributed by atoms with van der Waals surface area (Å²) in [6.45, 7) is 3.29. The predicted octanol–water partition coefficient (Wildman–Crippen LogP) is 4.99. The molecule has 4 nitrogen and oxygen atoms in total. The van der Waals surface area contributed by atoms with Crippen LogP contribution in [0.15, 0.2) is 84.9 Å². The molecule has 0 bridgehead atoms. The van der Waals surface area contributed by atoms with Crippen molar-refractivity contribution in [2.75, 3.05) is 12.3 Å². The Morgan fingerprint density at radius 2 is 1.65 bits per heavy atom. The fourth-order valence-corrected chi connectivity index (χ4v) is 4.92. The second-order valence-corrected chi connectivity index (χ2v) is 8.88. The van der Waals surface area contributed by atoms with E-state index in [1.54, 1.807) is 11.8 Å². The van der Waals surface area contributed by atoms with Crippen LogP contribution in [0.5, 0.6) is 0 Å². The highest BCUT2D eigenvalue weighted by atomic mass is 32.2. The van der Waals surface area contributed by atoms with E-state index in [-0.39, 0.29) is 23.1 Å². The van der Waals surface area contributed by atoms with Crippen molar-refractivity contribution in [3.05, 3.63) is 107 Å². The molecule has 5 heteroatoms. The Bertz CT molecular complexity index is 1020. The lowest BCUT2D eigenvalue weighted by Crippen LogP contribution is -2.28. The van der Waals surface area contributed by atoms with Crippen LogP contribution in [0.4, 0.5) is 0 Å². The Balaban J connectivity index is 1.39. The van der Waals surface area contributed by atoms with E-state index >= 15 is 0 Å². The molecule has 0 aliphatic carbocycles. The fourth-order valence-electron chi connectivity index (χ4n) is 3.73. The number of carbonyl (C=O) groups excluding carboxylic acids is 2. The van der Waals surface area contributed by atoms with Gasteiger partial charge in [0, 0.05) is 18.7 Å². The van der Waals surface area contributed by atoms with Gasteiger partial charge in [-0.05, 0) is 34.7 Å². The fraction of sp³-hybridized carbons (Fsp3) is 0.231. The quantitative estimate of drug-likeness (QED) is 0.574. The first-order valence-electron chi connectivity index (χ1n) is 10.5. The third-order valence-corrected chi connectivity index (χ3v) is 6.82. The van der Waals surface area contributed by atoms with Crippen LogP contribution in [-0.2, 0) is 11.3 Å². The standard InChI is InChI=1S/C26H26N2O2S/c1-19(21-10-6-3-7-11-21)16-27-25(30)22-12-14-23(15-13-22)26-28(24(29)18-31-26)17-20-8-4-2-5-9-20/h2-15,19,26H,16-18H2,1H3,(H,27,30). The molecule has 0 spiro atoms. The van der Waals surface area contributed by atoms with Gasteiger partial charge >= 0.3 is 0 Å². The molecule has 3 aromatic rings. The first kappa shape index (κ1) is 21.2. The van der Waals surface area contributed by atoms with E-state index in [2.05, 4.69) is 24.4 Å². The van der Waals surface area contributed by atoms with E-state index in [1.807, 2.05) is 77.7 Å². The van der Waals surface area contributed by atoms with E-state index in [0.717, 1.165) is 11.1 Å². The van der Waals surface area contributed by atoms with Crippen molar-refractivity contribution in [2.24, 2.45) is 0 Å². The minimum absolute atomic E-state index is 0.0251. The second kappa shape index (κ2) is 9.84. The van der Waals surface area contributed by atoms with Gasteiger partial charge in [0.1, 0.15) is 5.37 Å². The summed E-state index contributed by atoms with van der Waals surface area (Å²) < 4.78 is 0. The average Bonchev–Trinajstić information content (AvgIpc) is 3.18. The number of nitrogens with one attached hydrogen (secondary N) is 1. The van der Waals surface area contributed by atoms with Crippen LogP contribution < -0.4 is 5.32 Å². The summed E-state index contributed by atoms with van der Waals surface area (Å²) in [5.74, 6) is 0.801. The van der Waals surface area contributed by atoms with Gasteiger partial charge in [0.15, 0.2) is 0 Å². The summed E-state index contributed by atoms with van der Waals surface area (Å²) in [7, 11) is 0. The summed E-state index contributed by atoms with van der Waals surface area (Å²) in [5.41, 5.74) is 4.00. The lowest BCUT2D eigenvalue weighted by atomic mass is 10.0. The zero-order valence-electron chi connectivity index (χ0n) is 17.5. The van der Waals surface area contributed by atoms with Gasteiger partial charge in [-0.3, -0.25) is 9.59 Å². The van der Waals surface area contributed by atoms with Crippen molar-refractivity contribution in [2.45, 2.75) is 24.8 Å². The second-order valence-electron chi connectivity index (χ2n) is 7.81. The molecule has 3 aromatic carbocycles. The minimum Gasteiger partial charge on any atom is -0.351 e. The van der Waals surface area contributed by atoms with Gasteiger partial charge < -0.3 is 10.2 Å². The van der Waals surface area contributed by atoms with E-state index < -0.39 is 0 Å². The van der Waals surface area contributed by atoms with Crippen molar-refractivity contribution < 1.29 is 9.59 Å². The van der Waals surface area contributed by atoms with E-state index in [1.165, 1.54) is 5.56 Å². The van der Waals surface area contributed by atoms with Crippen LogP contribution >= 0.6 is 11.8 Å². The molecule has 1 N–H and O–H groups in total. The van der Waals surface area contributed by atoms with Crippen LogP contribution in [0.25, 0.3) is 0 Å². The lowest BCUT2D eigenvalue weighted by molar-refractivity contribution is -0.128. The summed E-state index contributed by atoms with van der Waals surface area (Å²) in [6.07, 6.45) is 0. The minimum atomic E-state index is -0.0781. The van der Waals surface area contributed by atoms with Gasteiger partial charge in [-0.25, -0.2) is 0 Å². The van der Waals surface area contributed by atoms with E-state index in [4.69, 9.17) is 0 Å². The lowest BCUT2D eigenvalue weighted by Gasteiger charge is -2.24. The first-order chi connectivity index (χ1) is 15.1. The summed E-state index contributed by atoms with van der Waals surface area (Å²) in [5, 5.41) is 3.00. The van der Waals surface area contributed by atoms with Crippen molar-refractivity contribution >= 4 is 23.6 Å². The number of nitrogens with zero attached hydrogens (tertiary/aromatic N) is 1. The molecule has 1 aliphatic rings. The maximum absolute atomic E-state index is 12.6. The Labute approximate surface area is 187 Å². The number of amides is 2. The molecule has 2 atom stereocenters. The van der Waals surface area contributed by atoms with E-state index in [9.17, 15) is 9.59 Å². The van der Waals surface area contributed by atoms with Crippen molar-refractivity contribution in [1.82, 2.24) is 10.2 Å². The molecule has 1 saturated heterocycles. The molecule has 0 saturated carbocycles. The molecular formula is C26H26N2O2S. The molecule has 1 aliphatic heterocycles. The number of rotatable bonds is 7. The van der Waals surface area contributed by atoms with Gasteiger partial charge in [-0.2, -0.15) is 0 Å². The Morgan fingerprint density at radius 3 is 2.32 bits per heavy atom. The third kappa shape index (κ3) is 5.17. The molecule has 31 heavy (non-hydrogen) atoms. The number of hydrogen-bond acceptors (Lipinski definition) is 3. The highest BCUT2D eigenvalue weighted by Crippen LogP contribution is 2.39. The number of carbonyl (C=O) groups is 2. The first-order valence-corrected chi connectivity index (χ1v) is 11.5. The third-order valence-electron chi connectivity index (χ3n) is 5.56. The number of benzene rings is 3. The van der Waals surface area contributed by atoms with Gasteiger partial charge in [0.25, 0.3) is 5.91 Å².